The Balaban J connectivity index is 2.33. The molecule has 0 saturated heterocycles. The van der Waals surface area contributed by atoms with Gasteiger partial charge in [-0.15, -0.1) is 0 Å². The van der Waals surface area contributed by atoms with Gasteiger partial charge in [-0.05, 0) is 23.2 Å². The Labute approximate surface area is 89.8 Å². The standard InChI is InChI=1S/C9H12BNO3S/c1-10-9-5-8(11-15(2,12)13)4-3-7(9)6-14-10/h3-5,11H,6H2,1-2H3. The van der Waals surface area contributed by atoms with Gasteiger partial charge in [0.25, 0.3) is 0 Å². The highest BCUT2D eigenvalue weighted by Gasteiger charge is 2.23. The Morgan fingerprint density at radius 2 is 2.20 bits per heavy atom. The van der Waals surface area contributed by atoms with Gasteiger partial charge in [-0.1, -0.05) is 12.9 Å². The van der Waals surface area contributed by atoms with Crippen LogP contribution in [0.3, 0.4) is 0 Å². The summed E-state index contributed by atoms with van der Waals surface area (Å²) in [5, 5.41) is 0. The van der Waals surface area contributed by atoms with Gasteiger partial charge in [0, 0.05) is 5.69 Å². The predicted molar refractivity (Wildman–Crippen MR) is 60.9 cm³/mol. The number of nitrogens with one attached hydrogen (secondary N) is 1. The van der Waals surface area contributed by atoms with Gasteiger partial charge in [0.2, 0.25) is 10.0 Å². The van der Waals surface area contributed by atoms with E-state index in [9.17, 15) is 8.42 Å². The summed E-state index contributed by atoms with van der Waals surface area (Å²) in [6.45, 7) is 2.60. The van der Waals surface area contributed by atoms with Crippen LogP contribution in [0.5, 0.6) is 0 Å². The van der Waals surface area contributed by atoms with Gasteiger partial charge in [0.05, 0.1) is 12.9 Å². The average Bonchev–Trinajstić information content (AvgIpc) is 2.45. The molecule has 4 nitrogen and oxygen atoms in total. The van der Waals surface area contributed by atoms with Crippen molar-refractivity contribution in [1.82, 2.24) is 0 Å². The van der Waals surface area contributed by atoms with Crippen molar-refractivity contribution in [2.24, 2.45) is 0 Å². The van der Waals surface area contributed by atoms with Gasteiger partial charge in [0.1, 0.15) is 0 Å². The molecule has 6 heteroatoms. The molecule has 0 aliphatic carbocycles. The van der Waals surface area contributed by atoms with Gasteiger partial charge in [-0.25, -0.2) is 8.42 Å². The zero-order chi connectivity index (χ0) is 11.1. The monoisotopic (exact) mass is 225 g/mol. The maximum atomic E-state index is 11.0. The summed E-state index contributed by atoms with van der Waals surface area (Å²) in [5.41, 5.74) is 2.78. The van der Waals surface area contributed by atoms with Crippen molar-refractivity contribution in [2.75, 3.05) is 11.0 Å². The first-order valence-electron chi connectivity index (χ1n) is 4.68. The molecule has 0 saturated carbocycles. The zero-order valence-corrected chi connectivity index (χ0v) is 9.47. The second-order valence-electron chi connectivity index (χ2n) is 3.74. The SMILES string of the molecule is CB1OCc2ccc(NS(C)(=O)=O)cc21. The number of sulfonamides is 1. The third-order valence-electron chi connectivity index (χ3n) is 2.38. The molecule has 0 aromatic heterocycles. The van der Waals surface area contributed by atoms with E-state index in [1.165, 1.54) is 0 Å². The van der Waals surface area contributed by atoms with Crippen LogP contribution in [-0.2, 0) is 21.3 Å². The Morgan fingerprint density at radius 3 is 2.87 bits per heavy atom. The molecular weight excluding hydrogens is 213 g/mol. The van der Waals surface area contributed by atoms with Crippen LogP contribution in [-0.4, -0.2) is 21.6 Å². The number of fused-ring (bicyclic) bond motifs is 1. The smallest absolute Gasteiger partial charge is 0.324 e. The second kappa shape index (κ2) is 3.54. The van der Waals surface area contributed by atoms with Crippen LogP contribution in [0.2, 0.25) is 6.82 Å². The lowest BCUT2D eigenvalue weighted by molar-refractivity contribution is 0.333. The molecule has 15 heavy (non-hydrogen) atoms. The molecule has 0 unspecified atom stereocenters. The molecule has 1 heterocycles. The summed E-state index contributed by atoms with van der Waals surface area (Å²) in [4.78, 5) is 0. The maximum absolute atomic E-state index is 11.0. The van der Waals surface area contributed by atoms with E-state index in [2.05, 4.69) is 4.72 Å². The van der Waals surface area contributed by atoms with E-state index in [1.807, 2.05) is 19.0 Å². The molecule has 0 atom stereocenters. The van der Waals surface area contributed by atoms with Crippen LogP contribution in [0.15, 0.2) is 18.2 Å². The van der Waals surface area contributed by atoms with Gasteiger partial charge in [-0.2, -0.15) is 0 Å². The summed E-state index contributed by atoms with van der Waals surface area (Å²) in [6, 6.07) is 5.47. The first-order chi connectivity index (χ1) is 6.96. The second-order valence-corrected chi connectivity index (χ2v) is 5.49. The summed E-state index contributed by atoms with van der Waals surface area (Å²) in [7, 11) is -3.20. The highest BCUT2D eigenvalue weighted by atomic mass is 32.2. The van der Waals surface area contributed by atoms with Crippen LogP contribution in [0.25, 0.3) is 0 Å². The first-order valence-corrected chi connectivity index (χ1v) is 6.57. The summed E-state index contributed by atoms with van der Waals surface area (Å²) >= 11 is 0. The molecule has 1 aromatic rings. The van der Waals surface area contributed by atoms with Gasteiger partial charge >= 0.3 is 6.92 Å². The lowest BCUT2D eigenvalue weighted by Gasteiger charge is -2.06. The van der Waals surface area contributed by atoms with E-state index < -0.39 is 10.0 Å². The normalized spacial score (nSPS) is 15.2. The highest BCUT2D eigenvalue weighted by Crippen LogP contribution is 2.15. The number of hydrogen-bond donors (Lipinski definition) is 1. The van der Waals surface area contributed by atoms with E-state index in [1.54, 1.807) is 6.07 Å². The molecule has 0 spiro atoms. The molecule has 0 bridgehead atoms. The Kier molecular flexibility index (Phi) is 2.48. The molecule has 1 aliphatic rings. The summed E-state index contributed by atoms with van der Waals surface area (Å²) in [6.07, 6.45) is 1.14. The quantitative estimate of drug-likeness (QED) is 0.742. The van der Waals surface area contributed by atoms with Crippen molar-refractivity contribution in [3.63, 3.8) is 0 Å². The van der Waals surface area contributed by atoms with Crippen molar-refractivity contribution in [2.45, 2.75) is 13.4 Å². The van der Waals surface area contributed by atoms with E-state index >= 15 is 0 Å². The van der Waals surface area contributed by atoms with Crippen LogP contribution in [0.1, 0.15) is 5.56 Å². The van der Waals surface area contributed by atoms with E-state index in [4.69, 9.17) is 4.65 Å². The first kappa shape index (κ1) is 10.5. The Morgan fingerprint density at radius 1 is 1.47 bits per heavy atom. The van der Waals surface area contributed by atoms with Crippen LogP contribution < -0.4 is 10.2 Å². The van der Waals surface area contributed by atoms with E-state index in [0.717, 1.165) is 17.3 Å². The topological polar surface area (TPSA) is 55.4 Å². The number of anilines is 1. The number of hydrogen-bond acceptors (Lipinski definition) is 3. The molecule has 0 fully saturated rings. The number of rotatable bonds is 2. The van der Waals surface area contributed by atoms with Crippen LogP contribution in [0, 0.1) is 0 Å². The fraction of sp³-hybridized carbons (Fsp3) is 0.333. The molecule has 2 rings (SSSR count). The fourth-order valence-electron chi connectivity index (χ4n) is 1.69. The average molecular weight is 225 g/mol. The maximum Gasteiger partial charge on any atom is 0.324 e. The van der Waals surface area contributed by atoms with Crippen molar-refractivity contribution in [1.29, 1.82) is 0 Å². The molecule has 1 aliphatic heterocycles. The van der Waals surface area contributed by atoms with Crippen molar-refractivity contribution in [3.8, 4) is 0 Å². The number of benzene rings is 1. The highest BCUT2D eigenvalue weighted by molar-refractivity contribution is 7.92. The molecule has 0 radical (unpaired) electrons. The largest absolute Gasteiger partial charge is 0.427 e. The van der Waals surface area contributed by atoms with Gasteiger partial charge in [-0.3, -0.25) is 4.72 Å². The minimum absolute atomic E-state index is 0.0429. The predicted octanol–water partition coefficient (Wildman–Crippen LogP) is 0.417. The molecule has 0 amide bonds. The fourth-order valence-corrected chi connectivity index (χ4v) is 2.24. The minimum atomic E-state index is -3.20. The van der Waals surface area contributed by atoms with Crippen molar-refractivity contribution >= 4 is 28.1 Å². The van der Waals surface area contributed by atoms with Gasteiger partial charge < -0.3 is 4.65 Å². The Hall–Kier alpha value is -1.01. The minimum Gasteiger partial charge on any atom is -0.427 e. The van der Waals surface area contributed by atoms with Crippen LogP contribution >= 0.6 is 0 Å². The van der Waals surface area contributed by atoms with E-state index in [-0.39, 0.29) is 6.92 Å². The zero-order valence-electron chi connectivity index (χ0n) is 8.65. The van der Waals surface area contributed by atoms with Gasteiger partial charge in [0.15, 0.2) is 0 Å². The van der Waals surface area contributed by atoms with Crippen molar-refractivity contribution in [3.05, 3.63) is 23.8 Å². The summed E-state index contributed by atoms with van der Waals surface area (Å²) in [5.74, 6) is 0. The molecule has 1 N–H and O–H groups in total. The summed E-state index contributed by atoms with van der Waals surface area (Å²) < 4.78 is 30.0. The Bertz CT molecular complexity index is 486. The molecule has 80 valence electrons. The third kappa shape index (κ3) is 2.32. The lowest BCUT2D eigenvalue weighted by atomic mass is 9.64. The lowest BCUT2D eigenvalue weighted by Crippen LogP contribution is -2.25. The van der Waals surface area contributed by atoms with Crippen LogP contribution in [0.4, 0.5) is 5.69 Å². The van der Waals surface area contributed by atoms with E-state index in [0.29, 0.717) is 12.3 Å². The van der Waals surface area contributed by atoms with Crippen molar-refractivity contribution < 1.29 is 13.1 Å². The molecule has 1 aromatic carbocycles. The molecular formula is C9H12BNO3S. The third-order valence-corrected chi connectivity index (χ3v) is 2.98.